The first kappa shape index (κ1) is 19.9. The van der Waals surface area contributed by atoms with Crippen molar-refractivity contribution in [2.75, 3.05) is 13.1 Å². The minimum absolute atomic E-state index is 0.0783. The van der Waals surface area contributed by atoms with Gasteiger partial charge in [-0.3, -0.25) is 4.90 Å². The summed E-state index contributed by atoms with van der Waals surface area (Å²) in [5.41, 5.74) is 0.918. The highest BCUT2D eigenvalue weighted by atomic mass is 35.5. The number of nitrogens with zero attached hydrogens (tertiary/aromatic N) is 4. The highest BCUT2D eigenvalue weighted by molar-refractivity contribution is 7.17. The van der Waals surface area contributed by atoms with Crippen molar-refractivity contribution in [3.63, 3.8) is 0 Å². The number of aromatic hydroxyl groups is 1. The van der Waals surface area contributed by atoms with Gasteiger partial charge in [0.2, 0.25) is 16.7 Å². The summed E-state index contributed by atoms with van der Waals surface area (Å²) in [6.07, 6.45) is 3.88. The zero-order chi connectivity index (χ0) is 20.8. The molecule has 0 aliphatic carbocycles. The summed E-state index contributed by atoms with van der Waals surface area (Å²) in [5, 5.41) is 16.7. The topological polar surface area (TPSA) is 66.8 Å². The van der Waals surface area contributed by atoms with Gasteiger partial charge in [-0.05, 0) is 55.1 Å². The molecule has 30 heavy (non-hydrogen) atoms. The lowest BCUT2D eigenvalue weighted by atomic mass is 9.95. The van der Waals surface area contributed by atoms with Crippen molar-refractivity contribution in [2.24, 2.45) is 5.92 Å². The lowest BCUT2D eigenvalue weighted by molar-refractivity contribution is 0.149. The van der Waals surface area contributed by atoms with E-state index in [-0.39, 0.29) is 11.9 Å². The number of furan rings is 1. The molecule has 1 N–H and O–H groups in total. The molecular formula is C21H20Cl2N4O2S. The fraction of sp³-hybridized carbons (Fsp3) is 0.333. The number of likely N-dealkylation sites (tertiary alicyclic amines) is 1. The Hall–Kier alpha value is -2.06. The molecule has 4 aromatic rings. The zero-order valence-corrected chi connectivity index (χ0v) is 18.6. The molecule has 4 heterocycles. The van der Waals surface area contributed by atoms with Gasteiger partial charge in [-0.15, -0.1) is 5.10 Å². The Morgan fingerprint density at radius 2 is 2.17 bits per heavy atom. The molecule has 9 heteroatoms. The Morgan fingerprint density at radius 1 is 1.30 bits per heavy atom. The van der Waals surface area contributed by atoms with E-state index in [4.69, 9.17) is 27.6 Å². The number of hydrogen-bond donors (Lipinski definition) is 1. The van der Waals surface area contributed by atoms with Gasteiger partial charge in [0.05, 0.1) is 17.2 Å². The first-order valence-electron chi connectivity index (χ1n) is 9.82. The van der Waals surface area contributed by atoms with Gasteiger partial charge in [-0.1, -0.05) is 47.5 Å². The molecule has 0 amide bonds. The summed E-state index contributed by atoms with van der Waals surface area (Å²) < 4.78 is 6.86. The molecule has 1 aromatic carbocycles. The van der Waals surface area contributed by atoms with Gasteiger partial charge < -0.3 is 9.52 Å². The number of hydrogen-bond acceptors (Lipinski definition) is 6. The number of benzene rings is 1. The first-order chi connectivity index (χ1) is 14.5. The SMILES string of the molecule is C[C@H]1CCCN([C@@H](c2ccc(Cl)cc2Cl)c2sc3nc(-c4ccco4)nn3c2O)C1. The van der Waals surface area contributed by atoms with Crippen LogP contribution in [0.4, 0.5) is 0 Å². The summed E-state index contributed by atoms with van der Waals surface area (Å²) in [5.74, 6) is 1.66. The molecule has 0 unspecified atom stereocenters. The van der Waals surface area contributed by atoms with Crippen molar-refractivity contribution in [1.82, 2.24) is 19.5 Å². The Labute approximate surface area is 187 Å². The molecule has 1 fully saturated rings. The maximum Gasteiger partial charge on any atom is 0.230 e. The fourth-order valence-corrected chi connectivity index (χ4v) is 5.75. The van der Waals surface area contributed by atoms with E-state index in [1.165, 1.54) is 22.3 Å². The summed E-state index contributed by atoms with van der Waals surface area (Å²) in [6.45, 7) is 4.11. The van der Waals surface area contributed by atoms with Gasteiger partial charge in [-0.25, -0.2) is 0 Å². The molecule has 5 rings (SSSR count). The van der Waals surface area contributed by atoms with E-state index in [2.05, 4.69) is 21.9 Å². The smallest absolute Gasteiger partial charge is 0.230 e. The average molecular weight is 463 g/mol. The van der Waals surface area contributed by atoms with Crippen molar-refractivity contribution in [3.8, 4) is 17.5 Å². The van der Waals surface area contributed by atoms with Crippen LogP contribution in [0.1, 0.15) is 36.2 Å². The molecule has 6 nitrogen and oxygen atoms in total. The highest BCUT2D eigenvalue weighted by Gasteiger charge is 2.33. The van der Waals surface area contributed by atoms with Crippen molar-refractivity contribution >= 4 is 39.5 Å². The summed E-state index contributed by atoms with van der Waals surface area (Å²) >= 11 is 14.2. The van der Waals surface area contributed by atoms with Crippen LogP contribution >= 0.6 is 34.5 Å². The highest BCUT2D eigenvalue weighted by Crippen LogP contribution is 2.44. The predicted molar refractivity (Wildman–Crippen MR) is 119 cm³/mol. The van der Waals surface area contributed by atoms with Gasteiger partial charge >= 0.3 is 0 Å². The Kier molecular flexibility index (Phi) is 5.23. The second kappa shape index (κ2) is 7.89. The molecule has 1 saturated heterocycles. The van der Waals surface area contributed by atoms with Crippen LogP contribution < -0.4 is 0 Å². The molecule has 0 radical (unpaired) electrons. The second-order valence-corrected chi connectivity index (χ2v) is 9.56. The molecular weight excluding hydrogens is 443 g/mol. The van der Waals surface area contributed by atoms with Gasteiger partial charge in [0, 0.05) is 16.6 Å². The van der Waals surface area contributed by atoms with E-state index in [1.807, 2.05) is 12.1 Å². The molecule has 1 aliphatic rings. The standard InChI is InChI=1S/C21H20Cl2N4O2S/c1-12-4-2-8-26(11-12)17(14-7-6-13(22)10-15(14)23)18-20(28)27-21(30-18)24-19(25-27)16-5-3-9-29-16/h3,5-7,9-10,12,17,28H,2,4,8,11H2,1H3/t12-,17-/m0/s1. The minimum atomic E-state index is -0.196. The molecule has 156 valence electrons. The van der Waals surface area contributed by atoms with Crippen LogP contribution in [0.5, 0.6) is 5.88 Å². The van der Waals surface area contributed by atoms with Crippen molar-refractivity contribution in [1.29, 1.82) is 0 Å². The van der Waals surface area contributed by atoms with E-state index in [0.717, 1.165) is 30.0 Å². The van der Waals surface area contributed by atoms with Gasteiger partial charge in [-0.2, -0.15) is 9.50 Å². The van der Waals surface area contributed by atoms with Crippen LogP contribution in [0.3, 0.4) is 0 Å². The number of thiazole rings is 1. The Balaban J connectivity index is 1.62. The van der Waals surface area contributed by atoms with Crippen molar-refractivity contribution in [3.05, 3.63) is 57.1 Å². The summed E-state index contributed by atoms with van der Waals surface area (Å²) in [7, 11) is 0. The number of rotatable bonds is 4. The van der Waals surface area contributed by atoms with Gasteiger partial charge in [0.25, 0.3) is 0 Å². The van der Waals surface area contributed by atoms with Crippen LogP contribution in [0.25, 0.3) is 16.5 Å². The van der Waals surface area contributed by atoms with Crippen LogP contribution in [0.2, 0.25) is 10.0 Å². The minimum Gasteiger partial charge on any atom is -0.492 e. The third kappa shape index (κ3) is 3.50. The van der Waals surface area contributed by atoms with E-state index in [9.17, 15) is 5.11 Å². The Bertz CT molecular complexity index is 1190. The van der Waals surface area contributed by atoms with Crippen LogP contribution in [-0.2, 0) is 0 Å². The normalized spacial score (nSPS) is 18.8. The van der Waals surface area contributed by atoms with E-state index in [0.29, 0.717) is 32.5 Å². The van der Waals surface area contributed by atoms with E-state index < -0.39 is 0 Å². The van der Waals surface area contributed by atoms with Crippen LogP contribution in [0, 0.1) is 5.92 Å². The molecule has 0 bridgehead atoms. The quantitative estimate of drug-likeness (QED) is 0.409. The third-order valence-electron chi connectivity index (χ3n) is 5.50. The lowest BCUT2D eigenvalue weighted by Crippen LogP contribution is -2.37. The lowest BCUT2D eigenvalue weighted by Gasteiger charge is -2.37. The number of piperidine rings is 1. The van der Waals surface area contributed by atoms with Crippen molar-refractivity contribution < 1.29 is 9.52 Å². The predicted octanol–water partition coefficient (Wildman–Crippen LogP) is 5.88. The maximum atomic E-state index is 11.1. The van der Waals surface area contributed by atoms with Crippen molar-refractivity contribution in [2.45, 2.75) is 25.8 Å². The molecule has 0 saturated carbocycles. The number of halogens is 2. The largest absolute Gasteiger partial charge is 0.492 e. The first-order valence-corrected chi connectivity index (χ1v) is 11.4. The molecule has 2 atom stereocenters. The Morgan fingerprint density at radius 3 is 2.87 bits per heavy atom. The fourth-order valence-electron chi connectivity index (χ4n) is 4.13. The molecule has 1 aliphatic heterocycles. The average Bonchev–Trinajstić information content (AvgIpc) is 3.43. The monoisotopic (exact) mass is 462 g/mol. The second-order valence-electron chi connectivity index (χ2n) is 7.71. The third-order valence-corrected chi connectivity index (χ3v) is 7.14. The van der Waals surface area contributed by atoms with Crippen LogP contribution in [-0.4, -0.2) is 37.7 Å². The number of aromatic nitrogens is 3. The van der Waals surface area contributed by atoms with Gasteiger partial charge in [0.15, 0.2) is 5.76 Å². The van der Waals surface area contributed by atoms with Crippen LogP contribution in [0.15, 0.2) is 41.0 Å². The summed E-state index contributed by atoms with van der Waals surface area (Å²) in [6, 6.07) is 8.92. The molecule has 3 aromatic heterocycles. The number of fused-ring (bicyclic) bond motifs is 1. The van der Waals surface area contributed by atoms with Gasteiger partial charge in [0.1, 0.15) is 0 Å². The summed E-state index contributed by atoms with van der Waals surface area (Å²) in [4.78, 5) is 8.31. The maximum absolute atomic E-state index is 11.1. The van der Waals surface area contributed by atoms with E-state index in [1.54, 1.807) is 24.5 Å². The van der Waals surface area contributed by atoms with E-state index >= 15 is 0 Å². The zero-order valence-electron chi connectivity index (χ0n) is 16.3. The molecule has 0 spiro atoms.